The average molecular weight is 379 g/mol. The van der Waals surface area contributed by atoms with Gasteiger partial charge in [-0.3, -0.25) is 4.79 Å². The second-order valence-electron chi connectivity index (χ2n) is 7.19. The lowest BCUT2D eigenvalue weighted by Gasteiger charge is -2.33. The molecule has 0 amide bonds. The van der Waals surface area contributed by atoms with Gasteiger partial charge in [-0.25, -0.2) is 9.97 Å². The van der Waals surface area contributed by atoms with Gasteiger partial charge in [0, 0.05) is 25.7 Å². The van der Waals surface area contributed by atoms with Crippen LogP contribution in [0, 0.1) is 5.92 Å². The van der Waals surface area contributed by atoms with Gasteiger partial charge in [0.1, 0.15) is 23.5 Å². The van der Waals surface area contributed by atoms with E-state index in [1.807, 2.05) is 36.5 Å². The van der Waals surface area contributed by atoms with Gasteiger partial charge >= 0.3 is 0 Å². The Balaban J connectivity index is 1.36. The number of carbonyl (C=O) groups is 1. The fourth-order valence-corrected chi connectivity index (χ4v) is 3.91. The Morgan fingerprint density at radius 2 is 2.21 bits per heavy atom. The first-order valence-electron chi connectivity index (χ1n) is 9.66. The second kappa shape index (κ2) is 8.29. The monoisotopic (exact) mass is 379 g/mol. The lowest BCUT2D eigenvalue weighted by Crippen LogP contribution is -2.37. The molecule has 1 aliphatic heterocycles. The number of para-hydroxylation sites is 2. The smallest absolute Gasteiger partial charge is 0.152 e. The SMILES string of the molecule is COc1ccccc1NCC(=O)C[C@@H]1CCCN(c2ncnc3[nH]ccc23)C1. The number of benzene rings is 1. The lowest BCUT2D eigenvalue weighted by molar-refractivity contribution is -0.118. The normalized spacial score (nSPS) is 16.9. The van der Waals surface area contributed by atoms with Gasteiger partial charge in [-0.15, -0.1) is 0 Å². The Hall–Kier alpha value is -3.09. The van der Waals surface area contributed by atoms with Gasteiger partial charge in [-0.2, -0.15) is 0 Å². The molecule has 7 heteroatoms. The van der Waals surface area contributed by atoms with E-state index >= 15 is 0 Å². The van der Waals surface area contributed by atoms with Crippen molar-refractivity contribution in [3.8, 4) is 5.75 Å². The van der Waals surface area contributed by atoms with Crippen LogP contribution >= 0.6 is 0 Å². The number of methoxy groups -OCH3 is 1. The largest absolute Gasteiger partial charge is 0.495 e. The maximum Gasteiger partial charge on any atom is 0.152 e. The number of hydrogen-bond acceptors (Lipinski definition) is 6. The molecule has 0 radical (unpaired) electrons. The first-order chi connectivity index (χ1) is 13.7. The number of ether oxygens (including phenoxy) is 1. The first-order valence-corrected chi connectivity index (χ1v) is 9.66. The van der Waals surface area contributed by atoms with Crippen LogP contribution in [0.15, 0.2) is 42.9 Å². The summed E-state index contributed by atoms with van der Waals surface area (Å²) in [5.41, 5.74) is 1.70. The predicted molar refractivity (Wildman–Crippen MR) is 110 cm³/mol. The number of nitrogens with zero attached hydrogens (tertiary/aromatic N) is 3. The number of hydrogen-bond donors (Lipinski definition) is 2. The molecule has 1 atom stereocenters. The van der Waals surface area contributed by atoms with E-state index in [9.17, 15) is 4.79 Å². The minimum atomic E-state index is 0.215. The van der Waals surface area contributed by atoms with Gasteiger partial charge < -0.3 is 19.9 Å². The van der Waals surface area contributed by atoms with Crippen LogP contribution in [0.25, 0.3) is 11.0 Å². The number of piperidine rings is 1. The maximum absolute atomic E-state index is 12.5. The van der Waals surface area contributed by atoms with E-state index in [-0.39, 0.29) is 5.78 Å². The number of aromatic amines is 1. The van der Waals surface area contributed by atoms with Crippen molar-refractivity contribution in [1.82, 2.24) is 15.0 Å². The maximum atomic E-state index is 12.5. The van der Waals surface area contributed by atoms with Crippen molar-refractivity contribution < 1.29 is 9.53 Å². The third-order valence-corrected chi connectivity index (χ3v) is 5.25. The summed E-state index contributed by atoms with van der Waals surface area (Å²) in [5.74, 6) is 2.26. The van der Waals surface area contributed by atoms with E-state index in [1.165, 1.54) is 0 Å². The molecule has 0 bridgehead atoms. The van der Waals surface area contributed by atoms with Crippen LogP contribution in [0.1, 0.15) is 19.3 Å². The number of anilines is 2. The molecule has 0 aliphatic carbocycles. The van der Waals surface area contributed by atoms with E-state index in [0.717, 1.165) is 54.2 Å². The average Bonchev–Trinajstić information content (AvgIpc) is 3.21. The lowest BCUT2D eigenvalue weighted by atomic mass is 9.92. The molecule has 0 spiro atoms. The van der Waals surface area contributed by atoms with Gasteiger partial charge in [0.05, 0.1) is 24.7 Å². The summed E-state index contributed by atoms with van der Waals surface area (Å²) in [7, 11) is 1.63. The first kappa shape index (κ1) is 18.3. The number of fused-ring (bicyclic) bond motifs is 1. The fraction of sp³-hybridized carbons (Fsp3) is 0.381. The summed E-state index contributed by atoms with van der Waals surface area (Å²) in [5, 5.41) is 4.24. The van der Waals surface area contributed by atoms with Crippen molar-refractivity contribution in [3.63, 3.8) is 0 Å². The number of rotatable bonds is 7. The second-order valence-corrected chi connectivity index (χ2v) is 7.19. The van der Waals surface area contributed by atoms with E-state index in [2.05, 4.69) is 25.2 Å². The van der Waals surface area contributed by atoms with E-state index in [0.29, 0.717) is 18.9 Å². The molecule has 4 rings (SSSR count). The summed E-state index contributed by atoms with van der Waals surface area (Å²) < 4.78 is 5.32. The molecule has 1 aromatic carbocycles. The highest BCUT2D eigenvalue weighted by Crippen LogP contribution is 2.28. The standard InChI is InChI=1S/C21H25N5O2/c1-28-19-7-3-2-6-18(19)23-12-16(27)11-15-5-4-10-26(13-15)21-17-8-9-22-20(17)24-14-25-21/h2-3,6-9,14-15,23H,4-5,10-13H2,1H3,(H,22,24,25)/t15-/m0/s1. The van der Waals surface area contributed by atoms with Crippen LogP contribution in [-0.4, -0.2) is 47.5 Å². The minimum Gasteiger partial charge on any atom is -0.495 e. The van der Waals surface area contributed by atoms with Gasteiger partial charge in [-0.1, -0.05) is 12.1 Å². The number of H-pyrrole nitrogens is 1. The van der Waals surface area contributed by atoms with E-state index < -0.39 is 0 Å². The van der Waals surface area contributed by atoms with Crippen LogP contribution in [0.2, 0.25) is 0 Å². The molecule has 1 saturated heterocycles. The van der Waals surface area contributed by atoms with Crippen molar-refractivity contribution in [1.29, 1.82) is 0 Å². The van der Waals surface area contributed by atoms with Crippen molar-refractivity contribution in [2.75, 3.05) is 37.0 Å². The zero-order chi connectivity index (χ0) is 19.3. The molecule has 2 N–H and O–H groups in total. The Bertz CT molecular complexity index is 955. The highest BCUT2D eigenvalue weighted by molar-refractivity contribution is 5.87. The Labute approximate surface area is 164 Å². The highest BCUT2D eigenvalue weighted by atomic mass is 16.5. The molecule has 7 nitrogen and oxygen atoms in total. The van der Waals surface area contributed by atoms with Crippen LogP contribution in [-0.2, 0) is 4.79 Å². The Morgan fingerprint density at radius 1 is 1.32 bits per heavy atom. The van der Waals surface area contributed by atoms with Crippen LogP contribution < -0.4 is 15.0 Å². The fourth-order valence-electron chi connectivity index (χ4n) is 3.91. The van der Waals surface area contributed by atoms with E-state index in [4.69, 9.17) is 4.74 Å². The van der Waals surface area contributed by atoms with Gasteiger partial charge in [-0.05, 0) is 37.0 Å². The molecule has 0 saturated carbocycles. The molecule has 2 aromatic heterocycles. The summed E-state index contributed by atoms with van der Waals surface area (Å²) in [4.78, 5) is 26.7. The molecule has 3 aromatic rings. The minimum absolute atomic E-state index is 0.215. The number of Topliss-reactive ketones (excluding diaryl/α,β-unsaturated/α-hetero) is 1. The quantitative estimate of drug-likeness (QED) is 0.656. The van der Waals surface area contributed by atoms with Gasteiger partial charge in [0.2, 0.25) is 0 Å². The molecule has 1 aliphatic rings. The van der Waals surface area contributed by atoms with Gasteiger partial charge in [0.15, 0.2) is 5.78 Å². The van der Waals surface area contributed by atoms with Crippen LogP contribution in [0.4, 0.5) is 11.5 Å². The molecule has 1 fully saturated rings. The summed E-state index contributed by atoms with van der Waals surface area (Å²) in [6.45, 7) is 2.12. The summed E-state index contributed by atoms with van der Waals surface area (Å²) >= 11 is 0. The van der Waals surface area contributed by atoms with Crippen molar-refractivity contribution in [3.05, 3.63) is 42.9 Å². The zero-order valence-electron chi connectivity index (χ0n) is 16.0. The highest BCUT2D eigenvalue weighted by Gasteiger charge is 2.24. The summed E-state index contributed by atoms with van der Waals surface area (Å²) in [6.07, 6.45) is 6.18. The number of carbonyl (C=O) groups excluding carboxylic acids is 1. The third kappa shape index (κ3) is 3.93. The van der Waals surface area contributed by atoms with E-state index in [1.54, 1.807) is 13.4 Å². The molecule has 0 unspecified atom stereocenters. The van der Waals surface area contributed by atoms with Crippen molar-refractivity contribution >= 4 is 28.3 Å². The van der Waals surface area contributed by atoms with Crippen LogP contribution in [0.3, 0.4) is 0 Å². The Morgan fingerprint density at radius 3 is 3.11 bits per heavy atom. The third-order valence-electron chi connectivity index (χ3n) is 5.25. The van der Waals surface area contributed by atoms with Crippen molar-refractivity contribution in [2.24, 2.45) is 5.92 Å². The van der Waals surface area contributed by atoms with Gasteiger partial charge in [0.25, 0.3) is 0 Å². The van der Waals surface area contributed by atoms with Crippen LogP contribution in [0.5, 0.6) is 5.75 Å². The molecule has 28 heavy (non-hydrogen) atoms. The molecular weight excluding hydrogens is 354 g/mol. The predicted octanol–water partition coefficient (Wildman–Crippen LogP) is 3.25. The topological polar surface area (TPSA) is 83.1 Å². The zero-order valence-corrected chi connectivity index (χ0v) is 16.0. The number of nitrogens with one attached hydrogen (secondary N) is 2. The molecule has 3 heterocycles. The number of aromatic nitrogens is 3. The number of ketones is 1. The van der Waals surface area contributed by atoms with Crippen molar-refractivity contribution in [2.45, 2.75) is 19.3 Å². The summed E-state index contributed by atoms with van der Waals surface area (Å²) in [6, 6.07) is 9.66. The molecule has 146 valence electrons. The Kier molecular flexibility index (Phi) is 5.41. The molecular formula is C21H25N5O2.